The zero-order valence-corrected chi connectivity index (χ0v) is 15.3. The lowest BCUT2D eigenvalue weighted by molar-refractivity contribution is 0.0697. The number of aryl methyl sites for hydroxylation is 1. The van der Waals surface area contributed by atoms with Gasteiger partial charge in [-0.2, -0.15) is 5.10 Å². The van der Waals surface area contributed by atoms with Crippen LogP contribution >= 0.6 is 11.6 Å². The Kier molecular flexibility index (Phi) is 5.68. The van der Waals surface area contributed by atoms with Gasteiger partial charge >= 0.3 is 5.97 Å². The van der Waals surface area contributed by atoms with Gasteiger partial charge in [0.15, 0.2) is 5.82 Å². The van der Waals surface area contributed by atoms with Crippen molar-refractivity contribution in [3.8, 4) is 11.1 Å². The van der Waals surface area contributed by atoms with Gasteiger partial charge in [0.25, 0.3) is 0 Å². The Bertz CT molecular complexity index is 904. The molecule has 134 valence electrons. The quantitative estimate of drug-likeness (QED) is 0.656. The average Bonchev–Trinajstić information content (AvgIpc) is 3.00. The molecule has 0 aliphatic heterocycles. The largest absolute Gasteiger partial charge is 0.478 e. The maximum Gasteiger partial charge on any atom is 0.335 e. The standard InChI is InChI=1S/C20H20ClN3O2/c1-2-3-7-18-22-20(21)24(23-18)13-14-8-10-15(11-9-14)16-5-4-6-17(12-16)19(25)26/h4-6,8-12H,2-3,7,13H2,1H3,(H,25,26). The molecule has 0 amide bonds. The highest BCUT2D eigenvalue weighted by Crippen LogP contribution is 2.22. The highest BCUT2D eigenvalue weighted by atomic mass is 35.5. The number of nitrogens with zero attached hydrogens (tertiary/aromatic N) is 3. The number of hydrogen-bond acceptors (Lipinski definition) is 3. The highest BCUT2D eigenvalue weighted by molar-refractivity contribution is 6.28. The van der Waals surface area contributed by atoms with Crippen LogP contribution in [0.15, 0.2) is 48.5 Å². The summed E-state index contributed by atoms with van der Waals surface area (Å²) in [5.74, 6) is -0.151. The minimum Gasteiger partial charge on any atom is -0.478 e. The molecule has 0 fully saturated rings. The van der Waals surface area contributed by atoms with Crippen LogP contribution in [0, 0.1) is 0 Å². The second-order valence-electron chi connectivity index (χ2n) is 6.14. The summed E-state index contributed by atoms with van der Waals surface area (Å²) in [7, 11) is 0. The number of unbranched alkanes of at least 4 members (excludes halogenated alkanes) is 1. The third kappa shape index (κ3) is 4.29. The summed E-state index contributed by atoms with van der Waals surface area (Å²) in [5.41, 5.74) is 3.17. The zero-order valence-electron chi connectivity index (χ0n) is 14.5. The van der Waals surface area contributed by atoms with E-state index in [1.165, 1.54) is 0 Å². The SMILES string of the molecule is CCCCc1nc(Cl)n(Cc2ccc(-c3cccc(C(=O)O)c3)cc2)n1. The minimum atomic E-state index is -0.928. The first-order valence-electron chi connectivity index (χ1n) is 8.58. The second kappa shape index (κ2) is 8.15. The van der Waals surface area contributed by atoms with Crippen LogP contribution in [0.5, 0.6) is 0 Å². The zero-order chi connectivity index (χ0) is 18.5. The van der Waals surface area contributed by atoms with Gasteiger partial charge < -0.3 is 5.11 Å². The molecule has 2 aromatic carbocycles. The Labute approximate surface area is 157 Å². The van der Waals surface area contributed by atoms with Crippen LogP contribution in [0.1, 0.15) is 41.5 Å². The predicted molar refractivity (Wildman–Crippen MR) is 102 cm³/mol. The van der Waals surface area contributed by atoms with Gasteiger partial charge in [0.1, 0.15) is 0 Å². The summed E-state index contributed by atoms with van der Waals surface area (Å²) in [6.07, 6.45) is 2.98. The molecule has 0 aliphatic carbocycles. The Morgan fingerprint density at radius 1 is 1.15 bits per heavy atom. The summed E-state index contributed by atoms with van der Waals surface area (Å²) in [5, 5.41) is 14.0. The average molecular weight is 370 g/mol. The molecule has 0 saturated carbocycles. The van der Waals surface area contributed by atoms with Crippen molar-refractivity contribution in [3.05, 3.63) is 70.8 Å². The number of carboxylic acid groups (broad SMARTS) is 1. The van der Waals surface area contributed by atoms with Gasteiger partial charge in [-0.25, -0.2) is 14.5 Å². The number of halogens is 1. The van der Waals surface area contributed by atoms with Crippen molar-refractivity contribution in [3.63, 3.8) is 0 Å². The van der Waals surface area contributed by atoms with Crippen LogP contribution in [0.2, 0.25) is 5.28 Å². The maximum atomic E-state index is 11.1. The molecule has 0 bridgehead atoms. The van der Waals surface area contributed by atoms with E-state index in [4.69, 9.17) is 16.7 Å². The number of carboxylic acids is 1. The number of benzene rings is 2. The van der Waals surface area contributed by atoms with E-state index >= 15 is 0 Å². The fourth-order valence-corrected chi connectivity index (χ4v) is 2.91. The van der Waals surface area contributed by atoms with Crippen LogP contribution in [0.25, 0.3) is 11.1 Å². The molecule has 0 radical (unpaired) electrons. The smallest absolute Gasteiger partial charge is 0.335 e. The lowest BCUT2D eigenvalue weighted by atomic mass is 10.0. The molecule has 0 saturated heterocycles. The van der Waals surface area contributed by atoms with Crippen molar-refractivity contribution in [2.24, 2.45) is 0 Å². The van der Waals surface area contributed by atoms with Crippen LogP contribution in [-0.2, 0) is 13.0 Å². The summed E-state index contributed by atoms with van der Waals surface area (Å²) in [6.45, 7) is 2.68. The molecule has 0 aliphatic rings. The Hall–Kier alpha value is -2.66. The van der Waals surface area contributed by atoms with Crippen molar-refractivity contribution in [1.29, 1.82) is 0 Å². The molecule has 6 heteroatoms. The maximum absolute atomic E-state index is 11.1. The lowest BCUT2D eigenvalue weighted by Crippen LogP contribution is -2.02. The summed E-state index contributed by atoms with van der Waals surface area (Å²) < 4.78 is 1.70. The van der Waals surface area contributed by atoms with E-state index in [1.54, 1.807) is 22.9 Å². The minimum absolute atomic E-state index is 0.278. The Morgan fingerprint density at radius 2 is 1.92 bits per heavy atom. The molecule has 1 aromatic heterocycles. The first-order chi connectivity index (χ1) is 12.6. The van der Waals surface area contributed by atoms with E-state index in [2.05, 4.69) is 17.0 Å². The van der Waals surface area contributed by atoms with Gasteiger partial charge in [-0.1, -0.05) is 49.7 Å². The van der Waals surface area contributed by atoms with Crippen molar-refractivity contribution in [2.45, 2.75) is 32.7 Å². The lowest BCUT2D eigenvalue weighted by Gasteiger charge is -2.06. The summed E-state index contributed by atoms with van der Waals surface area (Å²) >= 11 is 6.18. The van der Waals surface area contributed by atoms with E-state index < -0.39 is 5.97 Å². The van der Waals surface area contributed by atoms with Gasteiger partial charge in [0.05, 0.1) is 12.1 Å². The van der Waals surface area contributed by atoms with E-state index in [0.717, 1.165) is 41.8 Å². The van der Waals surface area contributed by atoms with Gasteiger partial charge in [0, 0.05) is 6.42 Å². The number of aromatic carboxylic acids is 1. The molecular weight excluding hydrogens is 350 g/mol. The summed E-state index contributed by atoms with van der Waals surface area (Å²) in [4.78, 5) is 15.4. The molecule has 1 N–H and O–H groups in total. The van der Waals surface area contributed by atoms with Crippen LogP contribution < -0.4 is 0 Å². The third-order valence-corrected chi connectivity index (χ3v) is 4.43. The van der Waals surface area contributed by atoms with Crippen molar-refractivity contribution in [1.82, 2.24) is 14.8 Å². The molecule has 0 atom stereocenters. The molecule has 0 unspecified atom stereocenters. The van der Waals surface area contributed by atoms with E-state index in [1.807, 2.05) is 30.3 Å². The van der Waals surface area contributed by atoms with E-state index in [0.29, 0.717) is 11.8 Å². The van der Waals surface area contributed by atoms with Crippen molar-refractivity contribution < 1.29 is 9.90 Å². The first kappa shape index (κ1) is 18.1. The third-order valence-electron chi connectivity index (χ3n) is 4.15. The molecule has 26 heavy (non-hydrogen) atoms. The normalized spacial score (nSPS) is 10.8. The molecule has 3 aromatic rings. The van der Waals surface area contributed by atoms with Gasteiger partial charge in [0.2, 0.25) is 5.28 Å². The number of hydrogen-bond donors (Lipinski definition) is 1. The fourth-order valence-electron chi connectivity index (χ4n) is 2.72. The molecular formula is C20H20ClN3O2. The number of rotatable bonds is 7. The van der Waals surface area contributed by atoms with Crippen molar-refractivity contribution in [2.75, 3.05) is 0 Å². The predicted octanol–water partition coefficient (Wildman–Crippen LogP) is 4.69. The van der Waals surface area contributed by atoms with Crippen molar-refractivity contribution >= 4 is 17.6 Å². The molecule has 5 nitrogen and oxygen atoms in total. The number of carbonyl (C=O) groups is 1. The molecule has 1 heterocycles. The van der Waals surface area contributed by atoms with E-state index in [-0.39, 0.29) is 5.56 Å². The number of aromatic nitrogens is 3. The first-order valence-corrected chi connectivity index (χ1v) is 8.96. The Morgan fingerprint density at radius 3 is 2.62 bits per heavy atom. The second-order valence-corrected chi connectivity index (χ2v) is 6.48. The monoisotopic (exact) mass is 369 g/mol. The van der Waals surface area contributed by atoms with Gasteiger partial charge in [-0.3, -0.25) is 0 Å². The molecule has 0 spiro atoms. The van der Waals surface area contributed by atoms with Crippen LogP contribution in [0.4, 0.5) is 0 Å². The van der Waals surface area contributed by atoms with Crippen LogP contribution in [-0.4, -0.2) is 25.8 Å². The Balaban J connectivity index is 1.75. The molecule has 3 rings (SSSR count). The van der Waals surface area contributed by atoms with E-state index in [9.17, 15) is 4.79 Å². The highest BCUT2D eigenvalue weighted by Gasteiger charge is 2.09. The van der Waals surface area contributed by atoms with Crippen LogP contribution in [0.3, 0.4) is 0 Å². The summed E-state index contributed by atoms with van der Waals surface area (Å²) in [6, 6.07) is 14.8. The van der Waals surface area contributed by atoms with Gasteiger partial charge in [-0.05, 0) is 46.8 Å². The van der Waals surface area contributed by atoms with Gasteiger partial charge in [-0.15, -0.1) is 0 Å². The fraction of sp³-hybridized carbons (Fsp3) is 0.250. The topological polar surface area (TPSA) is 68.0 Å².